The Morgan fingerprint density at radius 1 is 0.941 bits per heavy atom. The van der Waals surface area contributed by atoms with Crippen LogP contribution in [-0.2, 0) is 11.3 Å². The fourth-order valence-electron chi connectivity index (χ4n) is 4.75. The van der Waals surface area contributed by atoms with E-state index in [0.29, 0.717) is 18.9 Å². The zero-order chi connectivity index (χ0) is 23.8. The number of carbonyl (C=O) groups is 2. The van der Waals surface area contributed by atoms with E-state index in [0.717, 1.165) is 42.5 Å². The largest absolute Gasteiger partial charge is 0.369 e. The van der Waals surface area contributed by atoms with Crippen molar-refractivity contribution in [1.29, 1.82) is 0 Å². The van der Waals surface area contributed by atoms with Crippen LogP contribution < -0.4 is 4.90 Å². The summed E-state index contributed by atoms with van der Waals surface area (Å²) in [7, 11) is 3.14. The number of aliphatic imine (C=N–C) groups is 1. The Morgan fingerprint density at radius 3 is 2.29 bits per heavy atom. The molecule has 0 N–H and O–H groups in total. The van der Waals surface area contributed by atoms with E-state index < -0.39 is 6.04 Å². The SMILES string of the molecule is CN1C(=O)C2C(=NC(CN3CCN(c4ccccc4)CC3)=[N+]2Cc2ccc(F)cc2)N(C)C1=O. The van der Waals surface area contributed by atoms with Gasteiger partial charge in [0.2, 0.25) is 0 Å². The van der Waals surface area contributed by atoms with Crippen molar-refractivity contribution in [3.63, 3.8) is 0 Å². The minimum absolute atomic E-state index is 0.298. The van der Waals surface area contributed by atoms with Gasteiger partial charge >= 0.3 is 11.9 Å². The van der Waals surface area contributed by atoms with Crippen molar-refractivity contribution in [2.75, 3.05) is 51.7 Å². The third-order valence-corrected chi connectivity index (χ3v) is 6.74. The van der Waals surface area contributed by atoms with E-state index in [2.05, 4.69) is 21.9 Å². The summed E-state index contributed by atoms with van der Waals surface area (Å²) in [5, 5.41) is 0. The summed E-state index contributed by atoms with van der Waals surface area (Å²) in [6.45, 7) is 4.49. The number of likely N-dealkylation sites (N-methyl/N-ethyl adjacent to an activating group) is 2. The monoisotopic (exact) mass is 463 g/mol. The molecule has 34 heavy (non-hydrogen) atoms. The van der Waals surface area contributed by atoms with E-state index in [1.165, 1.54) is 29.8 Å². The molecule has 3 aliphatic rings. The van der Waals surface area contributed by atoms with E-state index in [9.17, 15) is 14.0 Å². The molecule has 3 amide bonds. The molecule has 3 heterocycles. The van der Waals surface area contributed by atoms with Crippen LogP contribution in [-0.4, -0.2) is 95.7 Å². The lowest BCUT2D eigenvalue weighted by Gasteiger charge is -2.35. The summed E-state index contributed by atoms with van der Waals surface area (Å²) in [6.07, 6.45) is 0. The van der Waals surface area contributed by atoms with E-state index in [1.54, 1.807) is 19.2 Å². The molecule has 9 heteroatoms. The molecule has 0 aliphatic carbocycles. The van der Waals surface area contributed by atoms with Gasteiger partial charge in [0.25, 0.3) is 17.8 Å². The molecule has 0 radical (unpaired) electrons. The molecule has 176 valence electrons. The number of amides is 3. The third-order valence-electron chi connectivity index (χ3n) is 6.74. The van der Waals surface area contributed by atoms with Gasteiger partial charge in [0.15, 0.2) is 0 Å². The number of nitrogens with zero attached hydrogens (tertiary/aromatic N) is 6. The normalized spacial score (nSPS) is 21.3. The Morgan fingerprint density at radius 2 is 1.62 bits per heavy atom. The summed E-state index contributed by atoms with van der Waals surface area (Å²) in [4.78, 5) is 37.7. The average Bonchev–Trinajstić information content (AvgIpc) is 3.21. The fraction of sp³-hybridized carbons (Fsp3) is 0.360. The summed E-state index contributed by atoms with van der Waals surface area (Å²) in [5.74, 6) is 0.600. The van der Waals surface area contributed by atoms with Gasteiger partial charge < -0.3 is 4.90 Å². The van der Waals surface area contributed by atoms with E-state index in [4.69, 9.17) is 4.99 Å². The van der Waals surface area contributed by atoms with Crippen LogP contribution in [0.3, 0.4) is 0 Å². The van der Waals surface area contributed by atoms with Gasteiger partial charge in [0.1, 0.15) is 18.9 Å². The van der Waals surface area contributed by atoms with Crippen LogP contribution >= 0.6 is 0 Å². The maximum absolute atomic E-state index is 13.5. The number of imide groups is 1. The first kappa shape index (κ1) is 22.2. The van der Waals surface area contributed by atoms with Gasteiger partial charge in [-0.2, -0.15) is 0 Å². The molecule has 1 atom stereocenters. The Labute approximate surface area is 198 Å². The van der Waals surface area contributed by atoms with E-state index in [1.807, 2.05) is 22.8 Å². The number of rotatable bonds is 5. The molecule has 0 spiro atoms. The lowest BCUT2D eigenvalue weighted by atomic mass is 10.1. The number of carbonyl (C=O) groups excluding carboxylic acids is 2. The number of para-hydroxylation sites is 1. The molecule has 2 saturated heterocycles. The minimum Gasteiger partial charge on any atom is -0.369 e. The molecule has 0 saturated carbocycles. The smallest absolute Gasteiger partial charge is 0.333 e. The molecule has 0 bridgehead atoms. The Hall–Kier alpha value is -3.59. The van der Waals surface area contributed by atoms with Crippen molar-refractivity contribution in [3.8, 4) is 0 Å². The number of hydrogen-bond acceptors (Lipinski definition) is 5. The Bertz CT molecular complexity index is 1160. The first-order valence-electron chi connectivity index (χ1n) is 11.5. The van der Waals surface area contributed by atoms with Gasteiger partial charge in [-0.15, -0.1) is 0 Å². The van der Waals surface area contributed by atoms with Crippen LogP contribution in [0.5, 0.6) is 0 Å². The number of hydrogen-bond donors (Lipinski definition) is 0. The zero-order valence-electron chi connectivity index (χ0n) is 19.4. The zero-order valence-corrected chi connectivity index (χ0v) is 19.4. The predicted molar refractivity (Wildman–Crippen MR) is 128 cm³/mol. The van der Waals surface area contributed by atoms with Crippen molar-refractivity contribution in [2.24, 2.45) is 4.99 Å². The van der Waals surface area contributed by atoms with Crippen LogP contribution in [0.15, 0.2) is 59.6 Å². The molecule has 5 rings (SSSR count). The number of benzene rings is 2. The lowest BCUT2D eigenvalue weighted by Crippen LogP contribution is -2.61. The maximum Gasteiger partial charge on any atom is 0.333 e. The molecule has 1 unspecified atom stereocenters. The topological polar surface area (TPSA) is 62.5 Å². The first-order chi connectivity index (χ1) is 16.4. The quantitative estimate of drug-likeness (QED) is 0.636. The second-order valence-corrected chi connectivity index (χ2v) is 8.88. The van der Waals surface area contributed by atoms with Gasteiger partial charge in [0, 0.05) is 46.0 Å². The highest BCUT2D eigenvalue weighted by Crippen LogP contribution is 2.22. The highest BCUT2D eigenvalue weighted by atomic mass is 19.1. The second kappa shape index (κ2) is 8.98. The highest BCUT2D eigenvalue weighted by Gasteiger charge is 2.53. The van der Waals surface area contributed by atoms with Gasteiger partial charge in [0.05, 0.1) is 0 Å². The third kappa shape index (κ3) is 4.07. The molecule has 3 aliphatic heterocycles. The van der Waals surface area contributed by atoms with E-state index in [-0.39, 0.29) is 17.8 Å². The van der Waals surface area contributed by atoms with Crippen molar-refractivity contribution < 1.29 is 18.6 Å². The van der Waals surface area contributed by atoms with Crippen LogP contribution in [0.4, 0.5) is 14.9 Å². The number of anilines is 1. The van der Waals surface area contributed by atoms with Crippen LogP contribution in [0.1, 0.15) is 5.56 Å². The first-order valence-corrected chi connectivity index (χ1v) is 11.5. The minimum atomic E-state index is -0.668. The van der Waals surface area contributed by atoms with Crippen LogP contribution in [0, 0.1) is 5.82 Å². The van der Waals surface area contributed by atoms with E-state index >= 15 is 0 Å². The molecular formula is C25H28FN6O2+. The number of urea groups is 1. The number of piperazine rings is 1. The van der Waals surface area contributed by atoms with Gasteiger partial charge in [-0.3, -0.25) is 19.5 Å². The van der Waals surface area contributed by atoms with Gasteiger partial charge in [-0.1, -0.05) is 30.3 Å². The standard InChI is InChI=1S/C25H28FN6O2/c1-28-23-22(24(33)29(2)25(28)34)32(16-18-8-10-19(26)11-9-18)21(27-23)17-30-12-14-31(15-13-30)20-6-4-3-5-7-20/h3-11,22H,12-17H2,1-2H3/q+1. The summed E-state index contributed by atoms with van der Waals surface area (Å²) < 4.78 is 15.4. The highest BCUT2D eigenvalue weighted by molar-refractivity contribution is 6.23. The Kier molecular flexibility index (Phi) is 5.87. The average molecular weight is 464 g/mol. The predicted octanol–water partition coefficient (Wildman–Crippen LogP) is 1.86. The number of halogens is 1. The van der Waals surface area contributed by atoms with Crippen molar-refractivity contribution >= 4 is 29.3 Å². The van der Waals surface area contributed by atoms with Crippen LogP contribution in [0.2, 0.25) is 0 Å². The summed E-state index contributed by atoms with van der Waals surface area (Å²) in [6, 6.07) is 15.6. The Balaban J connectivity index is 1.39. The van der Waals surface area contributed by atoms with Crippen molar-refractivity contribution in [1.82, 2.24) is 14.7 Å². The van der Waals surface area contributed by atoms with Gasteiger partial charge in [-0.05, 0) is 34.8 Å². The molecular weight excluding hydrogens is 435 g/mol. The van der Waals surface area contributed by atoms with Crippen molar-refractivity contribution in [2.45, 2.75) is 12.6 Å². The van der Waals surface area contributed by atoms with Crippen LogP contribution in [0.25, 0.3) is 0 Å². The molecule has 0 aromatic heterocycles. The maximum atomic E-state index is 13.5. The van der Waals surface area contributed by atoms with Crippen molar-refractivity contribution in [3.05, 3.63) is 66.0 Å². The lowest BCUT2D eigenvalue weighted by molar-refractivity contribution is -0.552. The molecule has 2 fully saturated rings. The summed E-state index contributed by atoms with van der Waals surface area (Å²) in [5.41, 5.74) is 2.09. The van der Waals surface area contributed by atoms with Gasteiger partial charge in [-0.25, -0.2) is 13.8 Å². The molecule has 2 aromatic rings. The number of amidine groups is 2. The number of fused-ring (bicyclic) bond motifs is 1. The summed E-state index contributed by atoms with van der Waals surface area (Å²) >= 11 is 0. The molecule has 2 aromatic carbocycles. The fourth-order valence-corrected chi connectivity index (χ4v) is 4.75. The second-order valence-electron chi connectivity index (χ2n) is 8.88. The molecule has 8 nitrogen and oxygen atoms in total.